The highest BCUT2D eigenvalue weighted by Gasteiger charge is 2.21. The van der Waals surface area contributed by atoms with Gasteiger partial charge in [-0.1, -0.05) is 40.6 Å². The van der Waals surface area contributed by atoms with Crippen molar-refractivity contribution in [3.05, 3.63) is 82.6 Å². The summed E-state index contributed by atoms with van der Waals surface area (Å²) in [6, 6.07) is 16.0. The summed E-state index contributed by atoms with van der Waals surface area (Å²) in [5.41, 5.74) is 4.15. The van der Waals surface area contributed by atoms with Crippen LogP contribution in [0.2, 0.25) is 5.02 Å². The third kappa shape index (κ3) is 5.45. The summed E-state index contributed by atoms with van der Waals surface area (Å²) in [5.74, 6) is 0.768. The van der Waals surface area contributed by atoms with Crippen LogP contribution >= 0.6 is 34.7 Å². The summed E-state index contributed by atoms with van der Waals surface area (Å²) in [7, 11) is 0. The largest absolute Gasteiger partial charge is 0.284 e. The molecule has 0 aliphatic rings. The Balaban J connectivity index is 1.55. The van der Waals surface area contributed by atoms with E-state index in [1.165, 1.54) is 21.8 Å². The maximum atomic E-state index is 13.3. The lowest BCUT2D eigenvalue weighted by Gasteiger charge is -2.20. The fourth-order valence-electron chi connectivity index (χ4n) is 3.22. The number of rotatable bonds is 7. The molecule has 4 rings (SSSR count). The van der Waals surface area contributed by atoms with Crippen molar-refractivity contribution >= 4 is 56.0 Å². The Bertz CT molecular complexity index is 1190. The van der Waals surface area contributed by atoms with Crippen LogP contribution in [0.5, 0.6) is 0 Å². The van der Waals surface area contributed by atoms with Crippen LogP contribution in [0.4, 0.5) is 5.13 Å². The third-order valence-electron chi connectivity index (χ3n) is 4.87. The maximum absolute atomic E-state index is 13.3. The number of fused-ring (bicyclic) bond motifs is 1. The second kappa shape index (κ2) is 9.81. The lowest BCUT2D eigenvalue weighted by atomic mass is 10.2. The van der Waals surface area contributed by atoms with E-state index < -0.39 is 0 Å². The zero-order valence-corrected chi connectivity index (χ0v) is 19.7. The predicted molar refractivity (Wildman–Crippen MR) is 131 cm³/mol. The number of halogens is 1. The van der Waals surface area contributed by atoms with E-state index >= 15 is 0 Å². The van der Waals surface area contributed by atoms with Crippen LogP contribution in [0.3, 0.4) is 0 Å². The number of benzene rings is 2. The number of hydrogen-bond acceptors (Lipinski definition) is 5. The van der Waals surface area contributed by atoms with E-state index in [2.05, 4.69) is 36.2 Å². The number of hydrogen-bond donors (Lipinski definition) is 0. The van der Waals surface area contributed by atoms with Crippen molar-refractivity contribution < 1.29 is 4.79 Å². The van der Waals surface area contributed by atoms with Crippen LogP contribution in [0.15, 0.2) is 65.8 Å². The molecule has 0 aliphatic carbocycles. The zero-order chi connectivity index (χ0) is 21.8. The number of carbonyl (C=O) groups is 1. The van der Waals surface area contributed by atoms with E-state index in [0.29, 0.717) is 28.9 Å². The van der Waals surface area contributed by atoms with E-state index in [1.807, 2.05) is 31.2 Å². The van der Waals surface area contributed by atoms with Gasteiger partial charge in [-0.2, -0.15) is 0 Å². The minimum Gasteiger partial charge on any atom is -0.284 e. The molecule has 0 unspecified atom stereocenters. The quantitative estimate of drug-likeness (QED) is 0.284. The summed E-state index contributed by atoms with van der Waals surface area (Å²) < 4.78 is 0.988. The molecular weight excluding hydrogens is 446 g/mol. The molecule has 0 saturated carbocycles. The van der Waals surface area contributed by atoms with Crippen LogP contribution in [-0.4, -0.2) is 21.6 Å². The predicted octanol–water partition coefficient (Wildman–Crippen LogP) is 6.68. The van der Waals surface area contributed by atoms with E-state index in [-0.39, 0.29) is 5.91 Å². The Kier molecular flexibility index (Phi) is 6.90. The van der Waals surface area contributed by atoms with Gasteiger partial charge < -0.3 is 0 Å². The first-order valence-corrected chi connectivity index (χ1v) is 12.1. The van der Waals surface area contributed by atoms with Crippen LogP contribution in [0, 0.1) is 13.8 Å². The highest BCUT2D eigenvalue weighted by Crippen LogP contribution is 2.34. The number of aryl methyl sites for hydroxylation is 2. The van der Waals surface area contributed by atoms with Crippen molar-refractivity contribution in [2.45, 2.75) is 31.7 Å². The molecule has 2 aromatic heterocycles. The number of pyridine rings is 1. The van der Waals surface area contributed by atoms with Crippen LogP contribution in [0.1, 0.15) is 23.1 Å². The molecule has 4 aromatic rings. The highest BCUT2D eigenvalue weighted by atomic mass is 35.5. The van der Waals surface area contributed by atoms with Gasteiger partial charge >= 0.3 is 0 Å². The van der Waals surface area contributed by atoms with E-state index in [4.69, 9.17) is 16.6 Å². The van der Waals surface area contributed by atoms with Gasteiger partial charge in [-0.3, -0.25) is 14.7 Å². The van der Waals surface area contributed by atoms with Gasteiger partial charge in [0.15, 0.2) is 5.13 Å². The smallest absolute Gasteiger partial charge is 0.229 e. The first-order valence-electron chi connectivity index (χ1n) is 9.95. The number of anilines is 1. The molecular formula is C24H22ClN3OS2. The van der Waals surface area contributed by atoms with Gasteiger partial charge in [-0.15, -0.1) is 11.8 Å². The van der Waals surface area contributed by atoms with E-state index in [0.717, 1.165) is 21.3 Å². The normalized spacial score (nSPS) is 11.1. The topological polar surface area (TPSA) is 46.1 Å². The Morgan fingerprint density at radius 3 is 2.58 bits per heavy atom. The minimum atomic E-state index is 0.0548. The number of amides is 1. The molecule has 1 amide bonds. The van der Waals surface area contributed by atoms with Crippen LogP contribution in [-0.2, 0) is 11.3 Å². The monoisotopic (exact) mass is 467 g/mol. The van der Waals surface area contributed by atoms with Crippen molar-refractivity contribution in [1.82, 2.24) is 9.97 Å². The Labute approximate surface area is 195 Å². The van der Waals surface area contributed by atoms with Gasteiger partial charge in [0.05, 0.1) is 16.8 Å². The summed E-state index contributed by atoms with van der Waals surface area (Å²) in [6.45, 7) is 4.52. The molecule has 0 radical (unpaired) electrons. The summed E-state index contributed by atoms with van der Waals surface area (Å²) in [4.78, 5) is 25.1. The molecule has 0 saturated heterocycles. The van der Waals surface area contributed by atoms with Crippen molar-refractivity contribution in [1.29, 1.82) is 0 Å². The highest BCUT2D eigenvalue weighted by molar-refractivity contribution is 7.99. The molecule has 2 heterocycles. The standard InChI is InChI=1S/C24H22ClN3OS2/c1-16-3-5-20(6-4-16)30-12-9-22(29)28(15-18-7-10-26-11-8-18)24-27-23-17(2)13-19(25)14-21(23)31-24/h3-8,10-11,13-14H,9,12,15H2,1-2H3. The molecule has 0 bridgehead atoms. The second-order valence-corrected chi connectivity index (χ2v) is 9.93. The maximum Gasteiger partial charge on any atom is 0.229 e. The SMILES string of the molecule is Cc1ccc(SCCC(=O)N(Cc2ccncc2)c2nc3c(C)cc(Cl)cc3s2)cc1. The molecule has 0 atom stereocenters. The lowest BCUT2D eigenvalue weighted by Crippen LogP contribution is -2.30. The minimum absolute atomic E-state index is 0.0548. The average Bonchev–Trinajstić information content (AvgIpc) is 3.18. The first kappa shape index (κ1) is 21.8. The number of nitrogens with zero attached hydrogens (tertiary/aromatic N) is 3. The number of thiazole rings is 1. The number of carbonyl (C=O) groups excluding carboxylic acids is 1. The average molecular weight is 468 g/mol. The first-order chi connectivity index (χ1) is 15.0. The van der Waals surface area contributed by atoms with Crippen molar-refractivity contribution in [2.75, 3.05) is 10.7 Å². The molecule has 2 aromatic carbocycles. The van der Waals surface area contributed by atoms with Gasteiger partial charge in [0.1, 0.15) is 0 Å². The number of thioether (sulfide) groups is 1. The van der Waals surface area contributed by atoms with Gasteiger partial charge in [0, 0.05) is 34.5 Å². The lowest BCUT2D eigenvalue weighted by molar-refractivity contribution is -0.118. The molecule has 0 N–H and O–H groups in total. The summed E-state index contributed by atoms with van der Waals surface area (Å²) >= 11 is 9.42. The molecule has 31 heavy (non-hydrogen) atoms. The van der Waals surface area contributed by atoms with Crippen LogP contribution < -0.4 is 4.90 Å². The number of aromatic nitrogens is 2. The fourth-order valence-corrected chi connectivity index (χ4v) is 5.49. The summed E-state index contributed by atoms with van der Waals surface area (Å²) in [6.07, 6.45) is 3.92. The van der Waals surface area contributed by atoms with Crippen molar-refractivity contribution in [3.63, 3.8) is 0 Å². The van der Waals surface area contributed by atoms with Crippen LogP contribution in [0.25, 0.3) is 10.2 Å². The zero-order valence-electron chi connectivity index (χ0n) is 17.3. The van der Waals surface area contributed by atoms with Crippen molar-refractivity contribution in [3.8, 4) is 0 Å². The van der Waals surface area contributed by atoms with E-state index in [1.54, 1.807) is 29.1 Å². The van der Waals surface area contributed by atoms with Crippen molar-refractivity contribution in [2.24, 2.45) is 0 Å². The Morgan fingerprint density at radius 1 is 1.10 bits per heavy atom. The Hall–Kier alpha value is -2.41. The molecule has 0 fully saturated rings. The molecule has 0 spiro atoms. The van der Waals surface area contributed by atoms with Gasteiger partial charge in [-0.25, -0.2) is 4.98 Å². The molecule has 4 nitrogen and oxygen atoms in total. The summed E-state index contributed by atoms with van der Waals surface area (Å²) in [5, 5.41) is 1.38. The van der Waals surface area contributed by atoms with Gasteiger partial charge in [-0.05, 0) is 61.4 Å². The molecule has 158 valence electrons. The second-order valence-electron chi connectivity index (χ2n) is 7.31. The van der Waals surface area contributed by atoms with Gasteiger partial charge in [0.2, 0.25) is 5.91 Å². The van der Waals surface area contributed by atoms with E-state index in [9.17, 15) is 4.79 Å². The molecule has 0 aliphatic heterocycles. The molecule has 7 heteroatoms. The Morgan fingerprint density at radius 2 is 1.84 bits per heavy atom. The van der Waals surface area contributed by atoms with Gasteiger partial charge in [0.25, 0.3) is 0 Å². The fraction of sp³-hybridized carbons (Fsp3) is 0.208. The third-order valence-corrected chi connectivity index (χ3v) is 7.12.